The zero-order valence-corrected chi connectivity index (χ0v) is 68.0. The van der Waals surface area contributed by atoms with Crippen LogP contribution in [-0.2, 0) is 38.9 Å². The van der Waals surface area contributed by atoms with Gasteiger partial charge in [-0.1, -0.05) is 138 Å². The number of nitriles is 3. The number of aliphatic hydroxyl groups excluding tert-OH is 2. The van der Waals surface area contributed by atoms with Gasteiger partial charge in [-0.05, 0) is 157 Å². The highest BCUT2D eigenvalue weighted by molar-refractivity contribution is 6.36. The van der Waals surface area contributed by atoms with E-state index in [0.29, 0.717) is 177 Å². The number of nitrogens with one attached hydrogen (secondary N) is 3. The van der Waals surface area contributed by atoms with Crippen molar-refractivity contribution in [2.75, 3.05) is 55.4 Å². The summed E-state index contributed by atoms with van der Waals surface area (Å²) in [6, 6.07) is 27.6. The predicted molar refractivity (Wildman–Crippen MR) is 442 cm³/mol. The fourth-order valence-corrected chi connectivity index (χ4v) is 14.4. The summed E-state index contributed by atoms with van der Waals surface area (Å²) in [4.78, 5) is 25.5. The summed E-state index contributed by atoms with van der Waals surface area (Å²) in [6.07, 6.45) is 11.7. The normalized spacial score (nSPS) is 12.9. The summed E-state index contributed by atoms with van der Waals surface area (Å²) >= 11 is 20.2. The number of aryl methyl sites for hydroxylation is 6. The van der Waals surface area contributed by atoms with E-state index in [2.05, 4.69) is 157 Å². The zero-order chi connectivity index (χ0) is 81.9. The lowest BCUT2D eigenvalue weighted by Gasteiger charge is -2.22. The highest BCUT2D eigenvalue weighted by Crippen LogP contribution is 2.42. The minimum atomic E-state index is -0.546. The molecule has 115 heavy (non-hydrogen) atoms. The Morgan fingerprint density at radius 3 is 1.18 bits per heavy atom. The van der Waals surface area contributed by atoms with Crippen LogP contribution in [-0.4, -0.2) is 125 Å². The lowest BCUT2D eigenvalue weighted by atomic mass is 9.87. The first-order valence-electron chi connectivity index (χ1n) is 37.6. The number of ether oxygens (including phenoxy) is 1. The zero-order valence-electron chi connectivity index (χ0n) is 65.8. The quantitative estimate of drug-likeness (QED) is 0.0351. The molecule has 24 nitrogen and oxygen atoms in total. The number of fused-ring (bicyclic) bond motifs is 4. The van der Waals surface area contributed by atoms with Gasteiger partial charge in [0.1, 0.15) is 23.9 Å². The van der Waals surface area contributed by atoms with Crippen LogP contribution in [0, 0.1) is 88.9 Å². The number of hydrogen-bond acceptors (Lipinski definition) is 21. The lowest BCUT2D eigenvalue weighted by molar-refractivity contribution is 0.227. The number of halogens is 6. The third-order valence-corrected chi connectivity index (χ3v) is 20.0. The molecular formula is C85H95Cl3F3N21O3. The molecule has 30 heteroatoms. The van der Waals surface area contributed by atoms with Gasteiger partial charge in [-0.15, -0.1) is 15.3 Å². The average Bonchev–Trinajstić information content (AvgIpc) is 1.66. The topological polar surface area (TPSA) is 327 Å². The Morgan fingerprint density at radius 1 is 0.504 bits per heavy atom. The molecule has 1 aliphatic heterocycles. The van der Waals surface area contributed by atoms with Crippen molar-refractivity contribution in [2.24, 2.45) is 16.2 Å². The van der Waals surface area contributed by atoms with Crippen molar-refractivity contribution in [1.82, 2.24) is 74.9 Å². The first-order chi connectivity index (χ1) is 54.3. The Hall–Kier alpha value is -11.0. The number of nitrogens with zero attached hydrogens (tertiary/aromatic N) is 18. The van der Waals surface area contributed by atoms with Crippen molar-refractivity contribution in [3.63, 3.8) is 0 Å². The second-order valence-corrected chi connectivity index (χ2v) is 33.2. The summed E-state index contributed by atoms with van der Waals surface area (Å²) in [5, 5.41) is 87.8. The molecule has 0 spiro atoms. The van der Waals surface area contributed by atoms with Gasteiger partial charge in [0.15, 0.2) is 0 Å². The molecule has 0 saturated carbocycles. The Labute approximate surface area is 682 Å². The number of aliphatic hydroxyl groups is 2. The van der Waals surface area contributed by atoms with Gasteiger partial charge in [0.05, 0.1) is 83.4 Å². The summed E-state index contributed by atoms with van der Waals surface area (Å²) in [5.41, 5.74) is 14.2. The Kier molecular flexibility index (Phi) is 28.2. The molecular weight excluding hydrogens is 1530 g/mol. The van der Waals surface area contributed by atoms with Crippen molar-refractivity contribution < 1.29 is 28.1 Å². The van der Waals surface area contributed by atoms with E-state index in [1.807, 2.05) is 48.8 Å². The second-order valence-electron chi connectivity index (χ2n) is 32.0. The Bertz CT molecular complexity index is 5390. The van der Waals surface area contributed by atoms with E-state index in [-0.39, 0.29) is 54.6 Å². The van der Waals surface area contributed by atoms with Crippen LogP contribution in [0.15, 0.2) is 104 Å². The van der Waals surface area contributed by atoms with Gasteiger partial charge in [0, 0.05) is 141 Å². The molecule has 9 aromatic heterocycles. The first kappa shape index (κ1) is 86.4. The molecule has 600 valence electrons. The molecule has 1 aliphatic rings. The number of anilines is 3. The Morgan fingerprint density at radius 2 is 0.852 bits per heavy atom. The van der Waals surface area contributed by atoms with E-state index in [0.717, 1.165) is 62.5 Å². The number of pyridine rings is 6. The van der Waals surface area contributed by atoms with E-state index >= 15 is 0 Å². The number of rotatable bonds is 24. The van der Waals surface area contributed by atoms with Gasteiger partial charge in [-0.25, -0.2) is 19.6 Å². The van der Waals surface area contributed by atoms with Gasteiger partial charge >= 0.3 is 0 Å². The van der Waals surface area contributed by atoms with E-state index in [1.54, 1.807) is 71.6 Å². The molecule has 0 radical (unpaired) electrons. The highest BCUT2D eigenvalue weighted by atomic mass is 35.5. The molecule has 10 heterocycles. The van der Waals surface area contributed by atoms with Crippen LogP contribution < -0.4 is 20.7 Å². The summed E-state index contributed by atoms with van der Waals surface area (Å²) in [6.45, 7) is 28.9. The minimum absolute atomic E-state index is 0. The molecule has 13 rings (SSSR count). The SMILES string of the molecule is C.Cc1nc(F)ccc1[C@H](Cc1cc(Cl)c2ncc(C#N)c(NCC(C)(C)C)c2c1)c1cn(CCCO)nn1.Cc1nc(F)ccc1[C@H](Cc1cc(Cl)c2ncc(C#N)c(NCC(C)(C)C)c2c1)c1cn(CCCO)nn1.Cc1nc(F)ccc1[C@H](Cc1cc(Cl)c2ncc(C#N)c(NCC(C)(C)C)c2c1)c1nnn2c1OCCC2. The van der Waals surface area contributed by atoms with Crippen molar-refractivity contribution >= 4 is 84.6 Å². The highest BCUT2D eigenvalue weighted by Gasteiger charge is 2.31. The van der Waals surface area contributed by atoms with Gasteiger partial charge in [-0.2, -0.15) is 29.0 Å². The van der Waals surface area contributed by atoms with Crippen LogP contribution in [0.2, 0.25) is 15.1 Å². The summed E-state index contributed by atoms with van der Waals surface area (Å²) < 4.78 is 52.8. The number of benzene rings is 3. The molecule has 0 bridgehead atoms. The Balaban J connectivity index is 0.000000182. The second kappa shape index (κ2) is 37.5. The monoisotopic (exact) mass is 1620 g/mol. The largest absolute Gasteiger partial charge is 0.476 e. The van der Waals surface area contributed by atoms with Gasteiger partial charge in [-0.3, -0.25) is 24.3 Å². The van der Waals surface area contributed by atoms with Gasteiger partial charge in [0.2, 0.25) is 23.7 Å². The fourth-order valence-electron chi connectivity index (χ4n) is 13.6. The third kappa shape index (κ3) is 21.5. The van der Waals surface area contributed by atoms with Crippen LogP contribution in [0.25, 0.3) is 32.7 Å². The van der Waals surface area contributed by atoms with Crippen molar-refractivity contribution in [1.29, 1.82) is 15.8 Å². The van der Waals surface area contributed by atoms with Crippen LogP contribution in [0.4, 0.5) is 30.2 Å². The van der Waals surface area contributed by atoms with Gasteiger partial charge in [0.25, 0.3) is 0 Å². The molecule has 3 atom stereocenters. The van der Waals surface area contributed by atoms with Crippen molar-refractivity contribution in [2.45, 2.75) is 166 Å². The lowest BCUT2D eigenvalue weighted by Crippen LogP contribution is -2.20. The van der Waals surface area contributed by atoms with Crippen molar-refractivity contribution in [3.05, 3.63) is 221 Å². The molecule has 0 saturated heterocycles. The fraction of sp³-hybridized carbons (Fsp3) is 0.400. The smallest absolute Gasteiger partial charge is 0.236 e. The maximum Gasteiger partial charge on any atom is 0.236 e. The molecule has 0 amide bonds. The average molecular weight is 1620 g/mol. The molecule has 12 aromatic rings. The minimum Gasteiger partial charge on any atom is -0.476 e. The van der Waals surface area contributed by atoms with Crippen LogP contribution in [0.3, 0.4) is 0 Å². The molecule has 3 aromatic carbocycles. The van der Waals surface area contributed by atoms with E-state index in [4.69, 9.17) is 39.5 Å². The van der Waals surface area contributed by atoms with Crippen LogP contribution in [0.1, 0.15) is 191 Å². The van der Waals surface area contributed by atoms with Crippen molar-refractivity contribution in [3.8, 4) is 24.1 Å². The first-order valence-corrected chi connectivity index (χ1v) is 38.7. The maximum atomic E-state index is 13.9. The molecule has 0 unspecified atom stereocenters. The summed E-state index contributed by atoms with van der Waals surface area (Å²) in [5.74, 6) is -1.88. The molecule has 5 N–H and O–H groups in total. The van der Waals surface area contributed by atoms with E-state index in [9.17, 15) is 39.2 Å². The maximum absolute atomic E-state index is 13.9. The van der Waals surface area contributed by atoms with E-state index in [1.165, 1.54) is 18.2 Å². The molecule has 0 aliphatic carbocycles. The van der Waals surface area contributed by atoms with Crippen LogP contribution >= 0.6 is 34.8 Å². The van der Waals surface area contributed by atoms with E-state index < -0.39 is 17.8 Å². The third-order valence-electron chi connectivity index (χ3n) is 19.1. The number of aromatic nitrogens is 15. The standard InChI is InChI=1S/C28H29ClFN7O.2C28H31ClFN7O.CH4/c1-16-19(6-7-23(30)34-16)20(26-27-37(36-35-26)8-5-9-38-27)10-17-11-21-24(33-15-28(2,3)4)18(13-31)14-32-25(21)22(29)12-17;2*1-17-20(6-7-25(30)34-17)21(24-15-37(36-35-24)8-5-9-38)10-18-11-22-26(33-16-28(2,3)4)19(13-31)14-32-27(22)23(29)12-18;/h6-7,11-12,14,20H,5,8-10,15H2,1-4H3,(H,32,33);2*6-7,11-12,14-15,21,38H,5,8-10,16H2,1-4H3,(H,32,33);1H4/t20-;2*21-;/m000./s1. The van der Waals surface area contributed by atoms with Crippen LogP contribution in [0.5, 0.6) is 5.88 Å². The predicted octanol–water partition coefficient (Wildman–Crippen LogP) is 17.3. The molecule has 0 fully saturated rings. The van der Waals surface area contributed by atoms with Gasteiger partial charge < -0.3 is 30.9 Å². The summed E-state index contributed by atoms with van der Waals surface area (Å²) in [7, 11) is 0. The number of hydrogen-bond donors (Lipinski definition) is 5.